The van der Waals surface area contributed by atoms with Gasteiger partial charge in [-0.25, -0.2) is 0 Å². The number of nitrogens with one attached hydrogen (secondary N) is 3. The normalized spacial score (nSPS) is 10.2. The number of ether oxygens (including phenoxy) is 1. The van der Waals surface area contributed by atoms with E-state index in [4.69, 9.17) is 22.7 Å². The fourth-order valence-corrected chi connectivity index (χ4v) is 3.15. The summed E-state index contributed by atoms with van der Waals surface area (Å²) in [5.74, 6) is 0.720. The van der Waals surface area contributed by atoms with Crippen LogP contribution in [0.25, 0.3) is 0 Å². The van der Waals surface area contributed by atoms with Crippen LogP contribution in [0.2, 0.25) is 0 Å². The van der Waals surface area contributed by atoms with Crippen LogP contribution < -0.4 is 26.4 Å². The third-order valence-electron chi connectivity index (χ3n) is 4.11. The number of benzene rings is 2. The van der Waals surface area contributed by atoms with E-state index < -0.39 is 0 Å². The molecule has 154 valence electrons. The van der Waals surface area contributed by atoms with E-state index in [1.165, 1.54) is 15.3 Å². The van der Waals surface area contributed by atoms with Crippen LogP contribution in [0.3, 0.4) is 0 Å². The fraction of sp³-hybridized carbons (Fsp3) is 0.0952. The van der Waals surface area contributed by atoms with E-state index in [2.05, 4.69) is 43.5 Å². The van der Waals surface area contributed by atoms with Crippen LogP contribution in [0, 0.1) is 10.5 Å². The first-order valence-electron chi connectivity index (χ1n) is 8.95. The highest BCUT2D eigenvalue weighted by Gasteiger charge is 2.09. The number of thiocarbonyl (C=S) groups is 1. The van der Waals surface area contributed by atoms with Crippen molar-refractivity contribution in [1.29, 1.82) is 0 Å². The molecule has 9 heteroatoms. The molecule has 0 bridgehead atoms. The second-order valence-electron chi connectivity index (χ2n) is 6.35. The van der Waals surface area contributed by atoms with E-state index in [0.29, 0.717) is 28.0 Å². The second-order valence-corrected chi connectivity index (χ2v) is 7.92. The first kappa shape index (κ1) is 21.8. The number of hydrogen-bond donors (Lipinski definition) is 4. The van der Waals surface area contributed by atoms with E-state index >= 15 is 0 Å². The van der Waals surface area contributed by atoms with Crippen molar-refractivity contribution in [2.24, 2.45) is 0 Å². The maximum absolute atomic E-state index is 11.7. The Morgan fingerprint density at radius 3 is 2.57 bits per heavy atom. The number of rotatable bonds is 5. The minimum absolute atomic E-state index is 0.267. The molecule has 0 fully saturated rings. The van der Waals surface area contributed by atoms with Crippen molar-refractivity contribution in [2.45, 2.75) is 6.92 Å². The lowest BCUT2D eigenvalue weighted by molar-refractivity contribution is 0.0958. The number of carbonyl (C=O) groups excluding carboxylic acids is 1. The molecule has 3 aromatic rings. The predicted octanol–water partition coefficient (Wildman–Crippen LogP) is 4.54. The van der Waals surface area contributed by atoms with Crippen LogP contribution in [0.1, 0.15) is 16.1 Å². The maximum atomic E-state index is 11.7. The number of nitrogens with two attached hydrogens (primary N) is 1. The lowest BCUT2D eigenvalue weighted by Gasteiger charge is -2.14. The van der Waals surface area contributed by atoms with Gasteiger partial charge in [0, 0.05) is 34.6 Å². The average molecular weight is 533 g/mol. The molecule has 0 spiro atoms. The van der Waals surface area contributed by atoms with Gasteiger partial charge in [-0.1, -0.05) is 0 Å². The number of aromatic nitrogens is 1. The Kier molecular flexibility index (Phi) is 7.06. The Balaban J connectivity index is 1.67. The fourth-order valence-electron chi connectivity index (χ4n) is 2.59. The molecule has 0 saturated heterocycles. The molecule has 0 radical (unpaired) electrons. The zero-order valence-electron chi connectivity index (χ0n) is 16.3. The summed E-state index contributed by atoms with van der Waals surface area (Å²) in [5.41, 5.74) is 9.61. The molecule has 1 amide bonds. The van der Waals surface area contributed by atoms with Gasteiger partial charge in [0.1, 0.15) is 17.2 Å². The van der Waals surface area contributed by atoms with Gasteiger partial charge >= 0.3 is 0 Å². The molecule has 0 saturated carbocycles. The third-order valence-corrected chi connectivity index (χ3v) is 5.53. The molecule has 3 rings (SSSR count). The summed E-state index contributed by atoms with van der Waals surface area (Å²) in [6, 6.07) is 14.5. The first-order chi connectivity index (χ1) is 14.4. The van der Waals surface area contributed by atoms with E-state index in [0.717, 1.165) is 5.69 Å². The summed E-state index contributed by atoms with van der Waals surface area (Å²) in [6.07, 6.45) is 1.51. The van der Waals surface area contributed by atoms with Crippen molar-refractivity contribution < 1.29 is 9.53 Å². The predicted molar refractivity (Wildman–Crippen MR) is 132 cm³/mol. The highest BCUT2D eigenvalue weighted by Crippen LogP contribution is 2.28. The van der Waals surface area contributed by atoms with Crippen molar-refractivity contribution >= 4 is 62.9 Å². The van der Waals surface area contributed by atoms with Gasteiger partial charge in [0.05, 0.1) is 11.4 Å². The molecular formula is C21H20IN5O2S. The van der Waals surface area contributed by atoms with Gasteiger partial charge in [0.2, 0.25) is 0 Å². The molecule has 0 unspecified atom stereocenters. The Morgan fingerprint density at radius 1 is 1.10 bits per heavy atom. The summed E-state index contributed by atoms with van der Waals surface area (Å²) in [7, 11) is 1.54. The molecule has 0 aliphatic heterocycles. The average Bonchev–Trinajstić information content (AvgIpc) is 2.72. The van der Waals surface area contributed by atoms with Crippen molar-refractivity contribution in [3.8, 4) is 11.5 Å². The third kappa shape index (κ3) is 5.57. The van der Waals surface area contributed by atoms with Crippen molar-refractivity contribution in [2.75, 3.05) is 23.4 Å². The van der Waals surface area contributed by atoms with Gasteiger partial charge in [-0.15, -0.1) is 0 Å². The Bertz CT molecular complexity index is 1110. The van der Waals surface area contributed by atoms with Gasteiger partial charge in [0.15, 0.2) is 5.11 Å². The van der Waals surface area contributed by atoms with E-state index in [9.17, 15) is 4.79 Å². The van der Waals surface area contributed by atoms with Gasteiger partial charge in [-0.05, 0) is 83.7 Å². The lowest BCUT2D eigenvalue weighted by atomic mass is 10.2. The Hall–Kier alpha value is -2.92. The number of hydrogen-bond acceptors (Lipinski definition) is 5. The number of amides is 1. The van der Waals surface area contributed by atoms with Gasteiger partial charge in [-0.3, -0.25) is 9.78 Å². The summed E-state index contributed by atoms with van der Waals surface area (Å²) in [5, 5.41) is 9.20. The molecule has 0 aliphatic carbocycles. The molecule has 1 aromatic heterocycles. The topological polar surface area (TPSA) is 101 Å². The van der Waals surface area contributed by atoms with Crippen LogP contribution in [-0.2, 0) is 0 Å². The van der Waals surface area contributed by atoms with Crippen LogP contribution >= 0.6 is 34.8 Å². The second kappa shape index (κ2) is 9.72. The lowest BCUT2D eigenvalue weighted by Crippen LogP contribution is -2.20. The molecule has 2 aromatic carbocycles. The highest BCUT2D eigenvalue weighted by molar-refractivity contribution is 14.1. The maximum Gasteiger partial charge on any atom is 0.269 e. The van der Waals surface area contributed by atoms with Crippen LogP contribution in [0.15, 0.2) is 54.7 Å². The molecule has 5 N–H and O–H groups in total. The van der Waals surface area contributed by atoms with Gasteiger partial charge in [-0.2, -0.15) is 0 Å². The van der Waals surface area contributed by atoms with Crippen molar-refractivity contribution in [1.82, 2.24) is 10.3 Å². The number of halogens is 1. The van der Waals surface area contributed by atoms with E-state index in [-0.39, 0.29) is 11.6 Å². The van der Waals surface area contributed by atoms with Crippen LogP contribution in [-0.4, -0.2) is 23.1 Å². The number of aryl methyl sites for hydroxylation is 1. The smallest absolute Gasteiger partial charge is 0.269 e. The summed E-state index contributed by atoms with van der Waals surface area (Å²) in [6.45, 7) is 2.04. The minimum atomic E-state index is -0.288. The van der Waals surface area contributed by atoms with Crippen LogP contribution in [0.4, 0.5) is 17.1 Å². The van der Waals surface area contributed by atoms with Gasteiger partial charge in [0.25, 0.3) is 5.91 Å². The number of pyridine rings is 1. The number of carbonyl (C=O) groups is 1. The number of nitrogen functional groups attached to an aromatic ring is 1. The zero-order valence-corrected chi connectivity index (χ0v) is 19.3. The molecular weight excluding hydrogens is 513 g/mol. The summed E-state index contributed by atoms with van der Waals surface area (Å²) >= 11 is 7.67. The largest absolute Gasteiger partial charge is 0.457 e. The van der Waals surface area contributed by atoms with E-state index in [1.807, 2.05) is 25.1 Å². The first-order valence-corrected chi connectivity index (χ1v) is 10.4. The highest BCUT2D eigenvalue weighted by atomic mass is 127. The minimum Gasteiger partial charge on any atom is -0.457 e. The summed E-state index contributed by atoms with van der Waals surface area (Å²) in [4.78, 5) is 15.7. The molecule has 7 nitrogen and oxygen atoms in total. The monoisotopic (exact) mass is 533 g/mol. The Morgan fingerprint density at radius 2 is 1.87 bits per heavy atom. The molecule has 30 heavy (non-hydrogen) atoms. The van der Waals surface area contributed by atoms with Crippen LogP contribution in [0.5, 0.6) is 11.5 Å². The number of anilines is 3. The van der Waals surface area contributed by atoms with Crippen molar-refractivity contribution in [3.63, 3.8) is 0 Å². The van der Waals surface area contributed by atoms with E-state index in [1.54, 1.807) is 37.4 Å². The SMILES string of the molecule is CNC(=O)c1cc(Oc2ccc(NC(=S)Nc3ccc(I)c(C)c3)c(N)c2)ccn1. The zero-order chi connectivity index (χ0) is 21.7. The number of nitrogens with zero attached hydrogens (tertiary/aromatic N) is 1. The molecule has 1 heterocycles. The quantitative estimate of drug-likeness (QED) is 0.217. The molecule has 0 atom stereocenters. The summed E-state index contributed by atoms with van der Waals surface area (Å²) < 4.78 is 6.99. The Labute approximate surface area is 193 Å². The standard InChI is InChI=1S/C21H20IN5O2S/c1-12-9-13(3-5-16(12)22)26-21(30)27-18-6-4-14(10-17(18)23)29-15-7-8-25-19(11-15)20(28)24-2/h3-11H,23H2,1-2H3,(H,24,28)(H2,26,27,30). The molecule has 0 aliphatic rings. The van der Waals surface area contributed by atoms with Gasteiger partial charge < -0.3 is 26.4 Å². The van der Waals surface area contributed by atoms with Crippen molar-refractivity contribution in [3.05, 3.63) is 69.6 Å².